The van der Waals surface area contributed by atoms with Crippen molar-refractivity contribution in [1.82, 2.24) is 4.98 Å². The fourth-order valence-electron chi connectivity index (χ4n) is 0.835. The van der Waals surface area contributed by atoms with Crippen molar-refractivity contribution in [3.8, 4) is 0 Å². The molecule has 0 radical (unpaired) electrons. The van der Waals surface area contributed by atoms with Crippen LogP contribution in [0.15, 0.2) is 10.5 Å². The van der Waals surface area contributed by atoms with Crippen molar-refractivity contribution in [1.29, 1.82) is 0 Å². The molecule has 15 heavy (non-hydrogen) atoms. The molecule has 1 nitrogen and oxygen atoms in total. The van der Waals surface area contributed by atoms with E-state index in [4.69, 9.17) is 11.6 Å². The highest BCUT2D eigenvalue weighted by Crippen LogP contribution is 2.39. The number of hydrogen-bond donors (Lipinski definition) is 0. The zero-order chi connectivity index (χ0) is 11.8. The summed E-state index contributed by atoms with van der Waals surface area (Å²) in [5.74, 6) is 0. The highest BCUT2D eigenvalue weighted by atomic mass is 79.9. The summed E-state index contributed by atoms with van der Waals surface area (Å²) < 4.78 is 60.7. The van der Waals surface area contributed by atoms with Crippen LogP contribution in [-0.4, -0.2) is 4.98 Å². The average Bonchev–Trinajstić information content (AvgIpc) is 2.06. The lowest BCUT2D eigenvalue weighted by molar-refractivity contribution is -0.138. The average molecular weight is 310 g/mol. The van der Waals surface area contributed by atoms with E-state index >= 15 is 0 Å². The Morgan fingerprint density at radius 2 is 1.87 bits per heavy atom. The van der Waals surface area contributed by atoms with Gasteiger partial charge in [0.15, 0.2) is 0 Å². The second-order valence-electron chi connectivity index (χ2n) is 2.50. The molecule has 0 atom stereocenters. The molecule has 0 aromatic carbocycles. The molecule has 0 bridgehead atoms. The number of hydrogen-bond acceptors (Lipinski definition) is 1. The van der Waals surface area contributed by atoms with Crippen molar-refractivity contribution < 1.29 is 22.0 Å². The molecule has 0 aliphatic rings. The van der Waals surface area contributed by atoms with Gasteiger partial charge in [0.05, 0.1) is 10.0 Å². The SMILES string of the molecule is FC(F)c1cc(C(F)(F)F)c(Br)c(Cl)n1. The third-order valence-corrected chi connectivity index (χ3v) is 2.77. The van der Waals surface area contributed by atoms with Gasteiger partial charge in [-0.3, -0.25) is 0 Å². The number of rotatable bonds is 1. The Labute approximate surface area is 94.4 Å². The van der Waals surface area contributed by atoms with Crippen molar-refractivity contribution in [3.05, 3.63) is 26.9 Å². The Morgan fingerprint density at radius 1 is 1.33 bits per heavy atom. The summed E-state index contributed by atoms with van der Waals surface area (Å²) in [7, 11) is 0. The van der Waals surface area contributed by atoms with Gasteiger partial charge >= 0.3 is 6.18 Å². The number of aromatic nitrogens is 1. The van der Waals surface area contributed by atoms with E-state index in [1.807, 2.05) is 0 Å². The molecule has 0 aliphatic heterocycles. The fourth-order valence-corrected chi connectivity index (χ4v) is 1.46. The van der Waals surface area contributed by atoms with Crippen molar-refractivity contribution in [2.45, 2.75) is 12.6 Å². The van der Waals surface area contributed by atoms with E-state index in [0.717, 1.165) is 0 Å². The van der Waals surface area contributed by atoms with Gasteiger partial charge in [0, 0.05) is 0 Å². The first-order valence-corrected chi connectivity index (χ1v) is 4.62. The van der Waals surface area contributed by atoms with Gasteiger partial charge < -0.3 is 0 Å². The summed E-state index contributed by atoms with van der Waals surface area (Å²) in [5, 5.41) is -0.639. The van der Waals surface area contributed by atoms with Crippen molar-refractivity contribution >= 4 is 27.5 Å². The van der Waals surface area contributed by atoms with Crippen LogP contribution in [-0.2, 0) is 6.18 Å². The minimum Gasteiger partial charge on any atom is -0.234 e. The second-order valence-corrected chi connectivity index (χ2v) is 3.65. The molecule has 0 saturated heterocycles. The molecule has 84 valence electrons. The topological polar surface area (TPSA) is 12.9 Å². The predicted octanol–water partition coefficient (Wildman–Crippen LogP) is 4.45. The highest BCUT2D eigenvalue weighted by Gasteiger charge is 2.35. The maximum absolute atomic E-state index is 12.3. The van der Waals surface area contributed by atoms with Crippen LogP contribution in [0.5, 0.6) is 0 Å². The van der Waals surface area contributed by atoms with Crippen LogP contribution in [0.4, 0.5) is 22.0 Å². The van der Waals surface area contributed by atoms with Crippen LogP contribution in [0.3, 0.4) is 0 Å². The highest BCUT2D eigenvalue weighted by molar-refractivity contribution is 9.10. The maximum atomic E-state index is 12.3. The second kappa shape index (κ2) is 4.21. The standard InChI is InChI=1S/C7H2BrClF5N/c8-4-2(7(12,13)14)1-3(6(10)11)15-5(4)9/h1,6H. The van der Waals surface area contributed by atoms with E-state index in [9.17, 15) is 22.0 Å². The number of alkyl halides is 5. The molecule has 1 heterocycles. The van der Waals surface area contributed by atoms with Gasteiger partial charge in [-0.2, -0.15) is 13.2 Å². The quantitative estimate of drug-likeness (QED) is 0.551. The van der Waals surface area contributed by atoms with Crippen LogP contribution in [0.1, 0.15) is 17.7 Å². The van der Waals surface area contributed by atoms with Gasteiger partial charge in [-0.1, -0.05) is 11.6 Å². The smallest absolute Gasteiger partial charge is 0.234 e. The monoisotopic (exact) mass is 309 g/mol. The number of halogens is 7. The molecule has 0 saturated carbocycles. The molecule has 0 aliphatic carbocycles. The van der Waals surface area contributed by atoms with Crippen molar-refractivity contribution in [2.24, 2.45) is 0 Å². The lowest BCUT2D eigenvalue weighted by Crippen LogP contribution is -2.08. The van der Waals surface area contributed by atoms with E-state index in [2.05, 4.69) is 20.9 Å². The Hall–Kier alpha value is -0.430. The summed E-state index contributed by atoms with van der Waals surface area (Å²) in [5.41, 5.74) is -2.27. The Morgan fingerprint density at radius 3 is 2.27 bits per heavy atom. The van der Waals surface area contributed by atoms with Crippen LogP contribution >= 0.6 is 27.5 Å². The van der Waals surface area contributed by atoms with Crippen molar-refractivity contribution in [2.75, 3.05) is 0 Å². The van der Waals surface area contributed by atoms with Crippen LogP contribution < -0.4 is 0 Å². The van der Waals surface area contributed by atoms with Crippen molar-refractivity contribution in [3.63, 3.8) is 0 Å². The molecular weight excluding hydrogens is 308 g/mol. The lowest BCUT2D eigenvalue weighted by atomic mass is 10.2. The fraction of sp³-hybridized carbons (Fsp3) is 0.286. The van der Waals surface area contributed by atoms with E-state index in [1.54, 1.807) is 0 Å². The summed E-state index contributed by atoms with van der Waals surface area (Å²) in [6.07, 6.45) is -7.86. The molecule has 1 rings (SSSR count). The van der Waals surface area contributed by atoms with E-state index in [0.29, 0.717) is 0 Å². The first kappa shape index (κ1) is 12.6. The molecule has 0 spiro atoms. The third-order valence-electron chi connectivity index (χ3n) is 1.47. The molecule has 0 unspecified atom stereocenters. The van der Waals surface area contributed by atoms with Gasteiger partial charge in [0.25, 0.3) is 6.43 Å². The normalized spacial score (nSPS) is 12.3. The number of pyridine rings is 1. The maximum Gasteiger partial charge on any atom is 0.417 e. The molecule has 1 aromatic heterocycles. The molecular formula is C7H2BrClF5N. The largest absolute Gasteiger partial charge is 0.417 e. The van der Waals surface area contributed by atoms with E-state index < -0.39 is 33.5 Å². The Bertz CT molecular complexity index is 378. The van der Waals surface area contributed by atoms with E-state index in [1.165, 1.54) is 0 Å². The zero-order valence-electron chi connectivity index (χ0n) is 6.75. The molecule has 8 heteroatoms. The summed E-state index contributed by atoms with van der Waals surface area (Å²) in [6.45, 7) is 0. The molecule has 1 aromatic rings. The van der Waals surface area contributed by atoms with Crippen LogP contribution in [0, 0.1) is 0 Å². The van der Waals surface area contributed by atoms with E-state index in [-0.39, 0.29) is 6.07 Å². The Balaban J connectivity index is 3.38. The summed E-state index contributed by atoms with van der Waals surface area (Å²) >= 11 is 7.82. The van der Waals surface area contributed by atoms with Gasteiger partial charge in [0.1, 0.15) is 10.8 Å². The van der Waals surface area contributed by atoms with Gasteiger partial charge in [-0.05, 0) is 22.0 Å². The zero-order valence-corrected chi connectivity index (χ0v) is 9.09. The van der Waals surface area contributed by atoms with Crippen LogP contribution in [0.2, 0.25) is 5.15 Å². The third kappa shape index (κ3) is 2.78. The van der Waals surface area contributed by atoms with Gasteiger partial charge in [-0.15, -0.1) is 0 Å². The molecule has 0 N–H and O–H groups in total. The predicted molar refractivity (Wildman–Crippen MR) is 46.9 cm³/mol. The van der Waals surface area contributed by atoms with Crippen LogP contribution in [0.25, 0.3) is 0 Å². The van der Waals surface area contributed by atoms with Gasteiger partial charge in [0.2, 0.25) is 0 Å². The Kier molecular flexibility index (Phi) is 3.55. The first-order valence-electron chi connectivity index (χ1n) is 3.44. The summed E-state index contributed by atoms with van der Waals surface area (Å²) in [6, 6.07) is 0.265. The lowest BCUT2D eigenvalue weighted by Gasteiger charge is -2.11. The van der Waals surface area contributed by atoms with Gasteiger partial charge in [-0.25, -0.2) is 13.8 Å². The first-order chi connectivity index (χ1) is 6.73. The molecule has 0 amide bonds. The number of nitrogens with zero attached hydrogens (tertiary/aromatic N) is 1. The molecule has 0 fully saturated rings. The minimum absolute atomic E-state index is 0.265. The minimum atomic E-state index is -4.75. The summed E-state index contributed by atoms with van der Waals surface area (Å²) in [4.78, 5) is 3.11.